The summed E-state index contributed by atoms with van der Waals surface area (Å²) in [6.07, 6.45) is -0.905. The Labute approximate surface area is 137 Å². The molecule has 0 saturated carbocycles. The van der Waals surface area contributed by atoms with Crippen LogP contribution in [-0.2, 0) is 13.2 Å². The minimum Gasteiger partial charge on any atom is -0.339 e. The predicted octanol–water partition coefficient (Wildman–Crippen LogP) is 2.40. The zero-order valence-electron chi connectivity index (χ0n) is 13.1. The molecule has 1 aliphatic heterocycles. The summed E-state index contributed by atoms with van der Waals surface area (Å²) < 4.78 is 40.2. The highest BCUT2D eigenvalue weighted by molar-refractivity contribution is 5.94. The summed E-state index contributed by atoms with van der Waals surface area (Å²) in [6.45, 7) is 2.08. The van der Waals surface area contributed by atoms with Gasteiger partial charge in [0.25, 0.3) is 5.91 Å². The van der Waals surface area contributed by atoms with E-state index in [0.29, 0.717) is 26.2 Å². The standard InChI is InChI=1S/C16H17F3N4O/c1-21-6-5-20-15(21)23-9-7-22(8-10-23)14(24)12-3-2-4-13(11-12)16(17,18)19/h2-6,11H,7-10H2,1H3. The van der Waals surface area contributed by atoms with Crippen molar-refractivity contribution in [2.45, 2.75) is 6.18 Å². The minimum absolute atomic E-state index is 0.0651. The third kappa shape index (κ3) is 3.22. The van der Waals surface area contributed by atoms with Gasteiger partial charge < -0.3 is 14.4 Å². The molecule has 5 nitrogen and oxygen atoms in total. The number of alkyl halides is 3. The highest BCUT2D eigenvalue weighted by Gasteiger charge is 2.31. The third-order valence-corrected chi connectivity index (χ3v) is 4.08. The van der Waals surface area contributed by atoms with Gasteiger partial charge in [-0.15, -0.1) is 0 Å². The van der Waals surface area contributed by atoms with Gasteiger partial charge in [-0.3, -0.25) is 4.79 Å². The number of anilines is 1. The first-order chi connectivity index (χ1) is 11.4. The van der Waals surface area contributed by atoms with Gasteiger partial charge in [-0.25, -0.2) is 4.98 Å². The van der Waals surface area contributed by atoms with Gasteiger partial charge in [0.1, 0.15) is 0 Å². The molecule has 0 bridgehead atoms. The molecule has 0 radical (unpaired) electrons. The molecule has 1 aliphatic rings. The number of carbonyl (C=O) groups excluding carboxylic acids is 1. The van der Waals surface area contributed by atoms with Crippen molar-refractivity contribution in [3.8, 4) is 0 Å². The summed E-state index contributed by atoms with van der Waals surface area (Å²) in [6, 6.07) is 4.56. The Kier molecular flexibility index (Phi) is 4.21. The maximum Gasteiger partial charge on any atom is 0.416 e. The molecule has 0 spiro atoms. The Morgan fingerprint density at radius 2 is 1.88 bits per heavy atom. The molecule has 0 aliphatic carbocycles. The lowest BCUT2D eigenvalue weighted by Crippen LogP contribution is -2.49. The predicted molar refractivity (Wildman–Crippen MR) is 82.8 cm³/mol. The van der Waals surface area contributed by atoms with Gasteiger partial charge in [-0.05, 0) is 18.2 Å². The lowest BCUT2D eigenvalue weighted by molar-refractivity contribution is -0.137. The molecule has 128 valence electrons. The number of carbonyl (C=O) groups is 1. The number of nitrogens with zero attached hydrogens (tertiary/aromatic N) is 4. The molecule has 24 heavy (non-hydrogen) atoms. The summed E-state index contributed by atoms with van der Waals surface area (Å²) in [5.41, 5.74) is -0.740. The van der Waals surface area contributed by atoms with E-state index in [1.807, 2.05) is 17.8 Å². The van der Waals surface area contributed by atoms with Crippen LogP contribution in [0.1, 0.15) is 15.9 Å². The summed E-state index contributed by atoms with van der Waals surface area (Å²) in [7, 11) is 1.89. The second kappa shape index (κ2) is 6.18. The molecular formula is C16H17F3N4O. The molecule has 1 amide bonds. The van der Waals surface area contributed by atoms with Crippen LogP contribution < -0.4 is 4.90 Å². The van der Waals surface area contributed by atoms with Crippen LogP contribution in [0, 0.1) is 0 Å². The molecule has 3 rings (SSSR count). The van der Waals surface area contributed by atoms with E-state index in [2.05, 4.69) is 9.88 Å². The largest absolute Gasteiger partial charge is 0.416 e. The third-order valence-electron chi connectivity index (χ3n) is 4.08. The van der Waals surface area contributed by atoms with E-state index in [9.17, 15) is 18.0 Å². The summed E-state index contributed by atoms with van der Waals surface area (Å²) in [4.78, 5) is 20.4. The molecule has 8 heteroatoms. The Morgan fingerprint density at radius 1 is 1.17 bits per heavy atom. The monoisotopic (exact) mass is 338 g/mol. The van der Waals surface area contributed by atoms with Crippen LogP contribution in [-0.4, -0.2) is 46.5 Å². The molecule has 1 aromatic heterocycles. The lowest BCUT2D eigenvalue weighted by atomic mass is 10.1. The molecule has 1 fully saturated rings. The van der Waals surface area contributed by atoms with Gasteiger partial charge in [0.15, 0.2) is 0 Å². The van der Waals surface area contributed by atoms with Crippen LogP contribution in [0.5, 0.6) is 0 Å². The smallest absolute Gasteiger partial charge is 0.339 e. The molecule has 1 aromatic carbocycles. The fourth-order valence-electron chi connectivity index (χ4n) is 2.78. The van der Waals surface area contributed by atoms with Crippen molar-refractivity contribution >= 4 is 11.9 Å². The Bertz CT molecular complexity index is 733. The van der Waals surface area contributed by atoms with E-state index in [4.69, 9.17) is 0 Å². The van der Waals surface area contributed by atoms with Crippen molar-refractivity contribution in [3.05, 3.63) is 47.8 Å². The zero-order chi connectivity index (χ0) is 17.3. The van der Waals surface area contributed by atoms with E-state index >= 15 is 0 Å². The second-order valence-corrected chi connectivity index (χ2v) is 5.70. The van der Waals surface area contributed by atoms with Crippen molar-refractivity contribution < 1.29 is 18.0 Å². The first kappa shape index (κ1) is 16.4. The summed E-state index contributed by atoms with van der Waals surface area (Å²) in [5.74, 6) is 0.446. The number of halogens is 3. The molecule has 0 unspecified atom stereocenters. The number of hydrogen-bond donors (Lipinski definition) is 0. The van der Waals surface area contributed by atoms with Crippen molar-refractivity contribution in [3.63, 3.8) is 0 Å². The van der Waals surface area contributed by atoms with E-state index in [1.165, 1.54) is 12.1 Å². The van der Waals surface area contributed by atoms with Gasteiger partial charge in [0.2, 0.25) is 5.95 Å². The van der Waals surface area contributed by atoms with Gasteiger partial charge in [0.05, 0.1) is 5.56 Å². The quantitative estimate of drug-likeness (QED) is 0.844. The summed E-state index contributed by atoms with van der Waals surface area (Å²) in [5, 5.41) is 0. The average Bonchev–Trinajstić information content (AvgIpc) is 3.00. The van der Waals surface area contributed by atoms with E-state index in [-0.39, 0.29) is 11.5 Å². The van der Waals surface area contributed by atoms with E-state index in [0.717, 1.165) is 18.1 Å². The van der Waals surface area contributed by atoms with Crippen molar-refractivity contribution in [1.29, 1.82) is 0 Å². The minimum atomic E-state index is -4.45. The second-order valence-electron chi connectivity index (χ2n) is 5.70. The number of aryl methyl sites for hydroxylation is 1. The zero-order valence-corrected chi connectivity index (χ0v) is 13.1. The van der Waals surface area contributed by atoms with Gasteiger partial charge in [0, 0.05) is 51.2 Å². The van der Waals surface area contributed by atoms with E-state index in [1.54, 1.807) is 11.1 Å². The van der Waals surface area contributed by atoms with Crippen LogP contribution in [0.25, 0.3) is 0 Å². The number of piperazine rings is 1. The van der Waals surface area contributed by atoms with Crippen LogP contribution in [0.2, 0.25) is 0 Å². The first-order valence-electron chi connectivity index (χ1n) is 7.55. The normalized spacial score (nSPS) is 15.7. The number of rotatable bonds is 2. The van der Waals surface area contributed by atoms with Crippen molar-refractivity contribution in [1.82, 2.24) is 14.5 Å². The van der Waals surface area contributed by atoms with Crippen LogP contribution in [0.15, 0.2) is 36.7 Å². The van der Waals surface area contributed by atoms with Gasteiger partial charge in [-0.2, -0.15) is 13.2 Å². The molecule has 0 N–H and O–H groups in total. The van der Waals surface area contributed by atoms with Crippen LogP contribution >= 0.6 is 0 Å². The number of hydrogen-bond acceptors (Lipinski definition) is 3. The number of imidazole rings is 1. The Hall–Kier alpha value is -2.51. The number of benzene rings is 1. The summed E-state index contributed by atoms with van der Waals surface area (Å²) >= 11 is 0. The fraction of sp³-hybridized carbons (Fsp3) is 0.375. The first-order valence-corrected chi connectivity index (χ1v) is 7.55. The fourth-order valence-corrected chi connectivity index (χ4v) is 2.78. The topological polar surface area (TPSA) is 41.4 Å². The van der Waals surface area contributed by atoms with Gasteiger partial charge >= 0.3 is 6.18 Å². The van der Waals surface area contributed by atoms with Crippen LogP contribution in [0.4, 0.5) is 19.1 Å². The SMILES string of the molecule is Cn1ccnc1N1CCN(C(=O)c2cccc(C(F)(F)F)c2)CC1. The van der Waals surface area contributed by atoms with Crippen molar-refractivity contribution in [2.24, 2.45) is 7.05 Å². The molecule has 1 saturated heterocycles. The number of amides is 1. The molecular weight excluding hydrogens is 321 g/mol. The maximum atomic E-state index is 12.8. The van der Waals surface area contributed by atoms with Crippen molar-refractivity contribution in [2.75, 3.05) is 31.1 Å². The molecule has 2 aromatic rings. The molecule has 2 heterocycles. The van der Waals surface area contributed by atoms with Crippen LogP contribution in [0.3, 0.4) is 0 Å². The van der Waals surface area contributed by atoms with E-state index < -0.39 is 11.7 Å². The Morgan fingerprint density at radius 3 is 2.46 bits per heavy atom. The maximum absolute atomic E-state index is 12.8. The Balaban J connectivity index is 1.68. The molecule has 0 atom stereocenters. The number of aromatic nitrogens is 2. The van der Waals surface area contributed by atoms with Gasteiger partial charge in [-0.1, -0.05) is 6.07 Å². The highest BCUT2D eigenvalue weighted by Crippen LogP contribution is 2.29. The highest BCUT2D eigenvalue weighted by atomic mass is 19.4. The lowest BCUT2D eigenvalue weighted by Gasteiger charge is -2.35. The average molecular weight is 338 g/mol.